The summed E-state index contributed by atoms with van der Waals surface area (Å²) in [5, 5.41) is 13.2. The van der Waals surface area contributed by atoms with Crippen LogP contribution in [-0.2, 0) is 9.53 Å². The van der Waals surface area contributed by atoms with Gasteiger partial charge in [0.1, 0.15) is 5.75 Å². The number of ketones is 1. The second-order valence-electron chi connectivity index (χ2n) is 4.84. The predicted molar refractivity (Wildman–Crippen MR) is 87.5 cm³/mol. The van der Waals surface area contributed by atoms with Gasteiger partial charge in [-0.3, -0.25) is 4.79 Å². The van der Waals surface area contributed by atoms with Crippen molar-refractivity contribution in [2.75, 3.05) is 12.0 Å². The molecule has 0 unspecified atom stereocenters. The Balaban J connectivity index is 2.26. The van der Waals surface area contributed by atoms with E-state index in [0.29, 0.717) is 11.3 Å². The molecule has 118 valence electrons. The summed E-state index contributed by atoms with van der Waals surface area (Å²) in [7, 11) is 0. The van der Waals surface area contributed by atoms with Crippen LogP contribution in [0.2, 0.25) is 0 Å². The van der Waals surface area contributed by atoms with Crippen LogP contribution in [0.5, 0.6) is 5.75 Å². The zero-order chi connectivity index (χ0) is 16.8. The molecule has 2 rings (SSSR count). The molecular weight excluding hydrogens is 294 g/mol. The Morgan fingerprint density at radius 3 is 2.57 bits per heavy atom. The first-order valence-corrected chi connectivity index (χ1v) is 7.00. The summed E-state index contributed by atoms with van der Waals surface area (Å²) in [6.45, 7) is 4.93. The van der Waals surface area contributed by atoms with Crippen LogP contribution in [0.3, 0.4) is 0 Å². The van der Waals surface area contributed by atoms with Crippen molar-refractivity contribution in [2.24, 2.45) is 0 Å². The summed E-state index contributed by atoms with van der Waals surface area (Å²) in [4.78, 5) is 23.5. The molecule has 2 aromatic carbocycles. The fourth-order valence-electron chi connectivity index (χ4n) is 2.08. The van der Waals surface area contributed by atoms with E-state index in [4.69, 9.17) is 4.74 Å². The van der Waals surface area contributed by atoms with E-state index in [9.17, 15) is 14.7 Å². The monoisotopic (exact) mass is 311 g/mol. The van der Waals surface area contributed by atoms with Gasteiger partial charge in [0.25, 0.3) is 0 Å². The van der Waals surface area contributed by atoms with Crippen LogP contribution in [0.25, 0.3) is 0 Å². The Bertz CT molecular complexity index is 738. The Labute approximate surface area is 134 Å². The lowest BCUT2D eigenvalue weighted by Gasteiger charge is -2.14. The smallest absolute Gasteiger partial charge is 0.331 e. The van der Waals surface area contributed by atoms with Crippen molar-refractivity contribution in [3.05, 3.63) is 71.8 Å². The highest BCUT2D eigenvalue weighted by Gasteiger charge is 2.17. The predicted octanol–water partition coefficient (Wildman–Crippen LogP) is 3.03. The Kier molecular flexibility index (Phi) is 5.15. The standard InChI is InChI=1S/C18H17NO4/c1-3-15(20)23-11-19-16-12(2)9-10-14(18(16)22)17(21)13-7-5-4-6-8-13/h3-10,19,22H,1,11H2,2H3. The van der Waals surface area contributed by atoms with Crippen molar-refractivity contribution in [3.8, 4) is 5.75 Å². The normalized spacial score (nSPS) is 9.96. The zero-order valence-electron chi connectivity index (χ0n) is 12.7. The van der Waals surface area contributed by atoms with Crippen LogP contribution in [-0.4, -0.2) is 23.6 Å². The number of benzene rings is 2. The zero-order valence-corrected chi connectivity index (χ0v) is 12.7. The Morgan fingerprint density at radius 1 is 1.22 bits per heavy atom. The summed E-state index contributed by atoms with van der Waals surface area (Å²) >= 11 is 0. The molecule has 0 saturated heterocycles. The number of hydrogen-bond donors (Lipinski definition) is 2. The number of esters is 1. The summed E-state index contributed by atoms with van der Waals surface area (Å²) in [6.07, 6.45) is 1.05. The SMILES string of the molecule is C=CC(=O)OCNc1c(C)ccc(C(=O)c2ccccc2)c1O. The number of phenolic OH excluding ortho intramolecular Hbond substituents is 1. The third-order valence-electron chi connectivity index (χ3n) is 3.30. The molecule has 0 atom stereocenters. The van der Waals surface area contributed by atoms with Crippen LogP contribution in [0.4, 0.5) is 5.69 Å². The summed E-state index contributed by atoms with van der Waals surface area (Å²) in [6, 6.07) is 12.0. The lowest BCUT2D eigenvalue weighted by molar-refractivity contribution is -0.136. The first-order chi connectivity index (χ1) is 11.0. The van der Waals surface area contributed by atoms with Crippen molar-refractivity contribution in [1.29, 1.82) is 0 Å². The van der Waals surface area contributed by atoms with Crippen molar-refractivity contribution < 1.29 is 19.4 Å². The van der Waals surface area contributed by atoms with E-state index in [1.807, 2.05) is 6.07 Å². The second kappa shape index (κ2) is 7.26. The third-order valence-corrected chi connectivity index (χ3v) is 3.30. The van der Waals surface area contributed by atoms with E-state index < -0.39 is 5.97 Å². The summed E-state index contributed by atoms with van der Waals surface area (Å²) in [5.41, 5.74) is 1.74. The molecule has 23 heavy (non-hydrogen) atoms. The minimum absolute atomic E-state index is 0.137. The van der Waals surface area contributed by atoms with Crippen molar-refractivity contribution in [1.82, 2.24) is 0 Å². The molecular formula is C18H17NO4. The quantitative estimate of drug-likeness (QED) is 0.282. The van der Waals surface area contributed by atoms with Gasteiger partial charge in [-0.2, -0.15) is 0 Å². The number of carbonyl (C=O) groups excluding carboxylic acids is 2. The van der Waals surface area contributed by atoms with Gasteiger partial charge in [0, 0.05) is 11.6 Å². The first kappa shape index (κ1) is 16.3. The van der Waals surface area contributed by atoms with E-state index >= 15 is 0 Å². The molecule has 5 nitrogen and oxygen atoms in total. The highest BCUT2D eigenvalue weighted by atomic mass is 16.5. The molecule has 2 aromatic rings. The van der Waals surface area contributed by atoms with Crippen molar-refractivity contribution >= 4 is 17.4 Å². The summed E-state index contributed by atoms with van der Waals surface area (Å²) < 4.78 is 4.83. The molecule has 0 heterocycles. The fraction of sp³-hybridized carbons (Fsp3) is 0.111. The van der Waals surface area contributed by atoms with E-state index in [-0.39, 0.29) is 23.8 Å². The van der Waals surface area contributed by atoms with Gasteiger partial charge in [-0.15, -0.1) is 0 Å². The number of anilines is 1. The van der Waals surface area contributed by atoms with E-state index in [2.05, 4.69) is 11.9 Å². The topological polar surface area (TPSA) is 75.6 Å². The molecule has 0 aliphatic heterocycles. The maximum atomic E-state index is 12.5. The number of nitrogens with one attached hydrogen (secondary N) is 1. The van der Waals surface area contributed by atoms with Gasteiger partial charge >= 0.3 is 5.97 Å². The molecule has 0 spiro atoms. The number of phenols is 1. The van der Waals surface area contributed by atoms with Crippen LogP contribution in [0.1, 0.15) is 21.5 Å². The van der Waals surface area contributed by atoms with Gasteiger partial charge in [-0.25, -0.2) is 4.79 Å². The minimum Gasteiger partial charge on any atom is -0.505 e. The van der Waals surface area contributed by atoms with Crippen LogP contribution in [0.15, 0.2) is 55.1 Å². The number of ether oxygens (including phenoxy) is 1. The van der Waals surface area contributed by atoms with Crippen molar-refractivity contribution in [2.45, 2.75) is 6.92 Å². The average molecular weight is 311 g/mol. The maximum Gasteiger partial charge on any atom is 0.331 e. The molecule has 0 aromatic heterocycles. The van der Waals surface area contributed by atoms with E-state index in [0.717, 1.165) is 11.6 Å². The maximum absolute atomic E-state index is 12.5. The van der Waals surface area contributed by atoms with E-state index in [1.165, 1.54) is 0 Å². The van der Waals surface area contributed by atoms with Crippen molar-refractivity contribution in [3.63, 3.8) is 0 Å². The molecule has 0 aliphatic rings. The molecule has 0 radical (unpaired) electrons. The Morgan fingerprint density at radius 2 is 1.91 bits per heavy atom. The second-order valence-corrected chi connectivity index (χ2v) is 4.84. The molecule has 0 aliphatic carbocycles. The molecule has 0 amide bonds. The molecule has 0 bridgehead atoms. The first-order valence-electron chi connectivity index (χ1n) is 7.00. The number of carbonyl (C=O) groups is 2. The van der Waals surface area contributed by atoms with Gasteiger partial charge < -0.3 is 15.2 Å². The molecule has 0 saturated carbocycles. The third kappa shape index (κ3) is 3.77. The lowest BCUT2D eigenvalue weighted by Crippen LogP contribution is -2.12. The fourth-order valence-corrected chi connectivity index (χ4v) is 2.08. The van der Waals surface area contributed by atoms with Crippen LogP contribution in [0, 0.1) is 6.92 Å². The highest BCUT2D eigenvalue weighted by Crippen LogP contribution is 2.32. The van der Waals surface area contributed by atoms with Gasteiger partial charge in [-0.05, 0) is 18.6 Å². The number of rotatable bonds is 6. The highest BCUT2D eigenvalue weighted by molar-refractivity contribution is 6.11. The molecule has 2 N–H and O–H groups in total. The minimum atomic E-state index is -0.578. The summed E-state index contributed by atoms with van der Waals surface area (Å²) in [5.74, 6) is -1.03. The van der Waals surface area contributed by atoms with Gasteiger partial charge in [0.2, 0.25) is 0 Å². The van der Waals surface area contributed by atoms with Gasteiger partial charge in [0.15, 0.2) is 12.5 Å². The largest absolute Gasteiger partial charge is 0.505 e. The molecule has 0 fully saturated rings. The lowest BCUT2D eigenvalue weighted by atomic mass is 10.00. The Hall–Kier alpha value is -3.08. The van der Waals surface area contributed by atoms with Gasteiger partial charge in [0.05, 0.1) is 11.3 Å². The molecule has 5 heteroatoms. The number of aromatic hydroxyl groups is 1. The van der Waals surface area contributed by atoms with Crippen LogP contribution >= 0.6 is 0 Å². The van der Waals surface area contributed by atoms with E-state index in [1.54, 1.807) is 43.3 Å². The van der Waals surface area contributed by atoms with Crippen LogP contribution < -0.4 is 5.32 Å². The average Bonchev–Trinajstić information content (AvgIpc) is 2.58. The number of aryl methyl sites for hydroxylation is 1. The number of hydrogen-bond acceptors (Lipinski definition) is 5. The van der Waals surface area contributed by atoms with Gasteiger partial charge in [-0.1, -0.05) is 43.0 Å².